The van der Waals surface area contributed by atoms with Crippen molar-refractivity contribution in [1.29, 1.82) is 0 Å². The molecular weight excluding hydrogens is 292 g/mol. The molecule has 0 unspecified atom stereocenters. The number of rotatable bonds is 4. The molecular formula is C17H24N4O2. The van der Waals surface area contributed by atoms with E-state index in [0.717, 1.165) is 42.6 Å². The molecule has 2 aromatic rings. The van der Waals surface area contributed by atoms with Crippen molar-refractivity contribution in [3.63, 3.8) is 0 Å². The average Bonchev–Trinajstić information content (AvgIpc) is 2.90. The fraction of sp³-hybridized carbons (Fsp3) is 0.471. The lowest BCUT2D eigenvalue weighted by Crippen LogP contribution is -2.47. The molecule has 6 nitrogen and oxygen atoms in total. The van der Waals surface area contributed by atoms with E-state index in [1.54, 1.807) is 7.11 Å². The molecule has 2 N–H and O–H groups in total. The lowest BCUT2D eigenvalue weighted by Gasteiger charge is -2.32. The van der Waals surface area contributed by atoms with Gasteiger partial charge in [0.25, 0.3) is 5.91 Å². The molecule has 1 saturated heterocycles. The predicted molar refractivity (Wildman–Crippen MR) is 91.6 cm³/mol. The van der Waals surface area contributed by atoms with Crippen LogP contribution in [0.2, 0.25) is 0 Å². The fourth-order valence-electron chi connectivity index (χ4n) is 3.04. The number of aromatic nitrogens is 1. The number of likely N-dealkylation sites (N-methyl/N-ethyl adjacent to an activating group) is 1. The summed E-state index contributed by atoms with van der Waals surface area (Å²) in [5.74, 6) is 0.0878. The first-order chi connectivity index (χ1) is 11.1. The van der Waals surface area contributed by atoms with Crippen LogP contribution in [0, 0.1) is 0 Å². The van der Waals surface area contributed by atoms with E-state index in [1.165, 1.54) is 0 Å². The largest absolute Gasteiger partial charge is 0.399 e. The highest BCUT2D eigenvalue weighted by molar-refractivity contribution is 6.07. The Hall–Kier alpha value is -2.05. The van der Waals surface area contributed by atoms with Gasteiger partial charge in [-0.05, 0) is 25.2 Å². The molecule has 0 radical (unpaired) electrons. The van der Waals surface area contributed by atoms with E-state index in [2.05, 4.69) is 16.5 Å². The zero-order valence-corrected chi connectivity index (χ0v) is 13.8. The Bertz CT molecular complexity index is 702. The number of benzene rings is 1. The number of methoxy groups -OCH3 is 1. The summed E-state index contributed by atoms with van der Waals surface area (Å²) in [5, 5.41) is 0.921. The highest BCUT2D eigenvalue weighted by Crippen LogP contribution is 2.25. The number of amides is 1. The van der Waals surface area contributed by atoms with Crippen molar-refractivity contribution >= 4 is 22.5 Å². The minimum absolute atomic E-state index is 0.0878. The number of nitrogen functional groups attached to an aromatic ring is 1. The summed E-state index contributed by atoms with van der Waals surface area (Å²) in [6.45, 7) is 4.68. The second-order valence-electron chi connectivity index (χ2n) is 6.10. The number of piperazine rings is 1. The molecule has 0 bridgehead atoms. The zero-order chi connectivity index (χ0) is 16.4. The Morgan fingerprint density at radius 2 is 2.00 bits per heavy atom. The lowest BCUT2D eigenvalue weighted by atomic mass is 10.1. The quantitative estimate of drug-likeness (QED) is 0.863. The van der Waals surface area contributed by atoms with E-state index in [0.29, 0.717) is 18.8 Å². The van der Waals surface area contributed by atoms with Crippen molar-refractivity contribution in [2.45, 2.75) is 6.54 Å². The maximum absolute atomic E-state index is 12.9. The maximum atomic E-state index is 12.9. The number of hydrogen-bond acceptors (Lipinski definition) is 4. The van der Waals surface area contributed by atoms with Gasteiger partial charge in [0, 0.05) is 62.6 Å². The summed E-state index contributed by atoms with van der Waals surface area (Å²) in [6.07, 6.45) is 1.93. The Labute approximate surface area is 136 Å². The van der Waals surface area contributed by atoms with Crippen LogP contribution in [0.1, 0.15) is 10.4 Å². The van der Waals surface area contributed by atoms with E-state index in [-0.39, 0.29) is 5.91 Å². The Balaban J connectivity index is 1.95. The normalized spacial score (nSPS) is 16.2. The van der Waals surface area contributed by atoms with Crippen molar-refractivity contribution in [2.24, 2.45) is 0 Å². The van der Waals surface area contributed by atoms with Gasteiger partial charge >= 0.3 is 0 Å². The molecule has 124 valence electrons. The highest BCUT2D eigenvalue weighted by Gasteiger charge is 2.23. The van der Waals surface area contributed by atoms with Crippen LogP contribution in [0.5, 0.6) is 0 Å². The maximum Gasteiger partial charge on any atom is 0.256 e. The first kappa shape index (κ1) is 15.8. The molecule has 6 heteroatoms. The first-order valence-electron chi connectivity index (χ1n) is 7.95. The standard InChI is InChI=1S/C17H24N4O2/c1-19-5-7-20(8-6-19)17(22)15-12-21(9-10-23-2)16-4-3-13(18)11-14(15)16/h3-4,11-12H,5-10,18H2,1-2H3. The third-order valence-corrected chi connectivity index (χ3v) is 4.46. The number of carbonyl (C=O) groups excluding carboxylic acids is 1. The summed E-state index contributed by atoms with van der Waals surface area (Å²) < 4.78 is 7.24. The molecule has 0 atom stereocenters. The Morgan fingerprint density at radius 3 is 2.70 bits per heavy atom. The minimum Gasteiger partial charge on any atom is -0.399 e. The molecule has 2 heterocycles. The van der Waals surface area contributed by atoms with Crippen LogP contribution in [0.4, 0.5) is 5.69 Å². The second kappa shape index (κ2) is 6.60. The molecule has 1 aliphatic rings. The van der Waals surface area contributed by atoms with Gasteiger partial charge in [-0.15, -0.1) is 0 Å². The summed E-state index contributed by atoms with van der Waals surface area (Å²) in [5.41, 5.74) is 8.36. The number of carbonyl (C=O) groups is 1. The van der Waals surface area contributed by atoms with Crippen LogP contribution in [-0.2, 0) is 11.3 Å². The molecule has 1 aliphatic heterocycles. The van der Waals surface area contributed by atoms with Crippen LogP contribution >= 0.6 is 0 Å². The lowest BCUT2D eigenvalue weighted by molar-refractivity contribution is 0.0665. The van der Waals surface area contributed by atoms with Gasteiger partial charge in [-0.25, -0.2) is 0 Å². The van der Waals surface area contributed by atoms with Gasteiger partial charge in [0.15, 0.2) is 0 Å². The molecule has 23 heavy (non-hydrogen) atoms. The summed E-state index contributed by atoms with van der Waals surface area (Å²) in [6, 6.07) is 5.73. The summed E-state index contributed by atoms with van der Waals surface area (Å²) in [4.78, 5) is 17.1. The van der Waals surface area contributed by atoms with Crippen LogP contribution in [-0.4, -0.2) is 67.2 Å². The smallest absolute Gasteiger partial charge is 0.256 e. The van der Waals surface area contributed by atoms with Gasteiger partial charge in [-0.1, -0.05) is 0 Å². The third kappa shape index (κ3) is 3.18. The molecule has 3 rings (SSSR count). The van der Waals surface area contributed by atoms with Crippen molar-refractivity contribution in [3.05, 3.63) is 30.0 Å². The topological polar surface area (TPSA) is 63.7 Å². The van der Waals surface area contributed by atoms with Gasteiger partial charge in [0.1, 0.15) is 0 Å². The summed E-state index contributed by atoms with van der Waals surface area (Å²) in [7, 11) is 3.76. The molecule has 1 aromatic heterocycles. The molecule has 1 fully saturated rings. The van der Waals surface area contributed by atoms with Crippen LogP contribution < -0.4 is 5.73 Å². The van der Waals surface area contributed by atoms with Gasteiger partial charge in [-0.2, -0.15) is 0 Å². The Morgan fingerprint density at radius 1 is 1.26 bits per heavy atom. The van der Waals surface area contributed by atoms with Crippen molar-refractivity contribution in [1.82, 2.24) is 14.4 Å². The van der Waals surface area contributed by atoms with Crippen LogP contribution in [0.25, 0.3) is 10.9 Å². The van der Waals surface area contributed by atoms with Gasteiger partial charge in [0.05, 0.1) is 12.2 Å². The molecule has 0 spiro atoms. The first-order valence-corrected chi connectivity index (χ1v) is 7.95. The van der Waals surface area contributed by atoms with Gasteiger partial charge < -0.3 is 24.8 Å². The second-order valence-corrected chi connectivity index (χ2v) is 6.10. The zero-order valence-electron chi connectivity index (χ0n) is 13.8. The molecule has 1 amide bonds. The predicted octanol–water partition coefficient (Wildman–Crippen LogP) is 1.26. The SMILES string of the molecule is COCCn1cc(C(=O)N2CCN(C)CC2)c2cc(N)ccc21. The molecule has 1 aromatic carbocycles. The number of nitrogens with two attached hydrogens (primary N) is 1. The average molecular weight is 316 g/mol. The van der Waals surface area contributed by atoms with Gasteiger partial charge in [-0.3, -0.25) is 4.79 Å². The van der Waals surface area contributed by atoms with Crippen molar-refractivity contribution < 1.29 is 9.53 Å². The van der Waals surface area contributed by atoms with E-state index >= 15 is 0 Å². The van der Waals surface area contributed by atoms with Gasteiger partial charge in [0.2, 0.25) is 0 Å². The third-order valence-electron chi connectivity index (χ3n) is 4.46. The fourth-order valence-corrected chi connectivity index (χ4v) is 3.04. The van der Waals surface area contributed by atoms with Crippen LogP contribution in [0.15, 0.2) is 24.4 Å². The highest BCUT2D eigenvalue weighted by atomic mass is 16.5. The number of fused-ring (bicyclic) bond motifs is 1. The number of ether oxygens (including phenoxy) is 1. The Kier molecular flexibility index (Phi) is 4.54. The monoisotopic (exact) mass is 316 g/mol. The summed E-state index contributed by atoms with van der Waals surface area (Å²) >= 11 is 0. The molecule has 0 saturated carbocycles. The van der Waals surface area contributed by atoms with Crippen molar-refractivity contribution in [2.75, 3.05) is 52.7 Å². The number of hydrogen-bond donors (Lipinski definition) is 1. The van der Waals surface area contributed by atoms with Crippen molar-refractivity contribution in [3.8, 4) is 0 Å². The number of nitrogens with zero attached hydrogens (tertiary/aromatic N) is 3. The minimum atomic E-state index is 0.0878. The molecule has 0 aliphatic carbocycles. The van der Waals surface area contributed by atoms with Crippen LogP contribution in [0.3, 0.4) is 0 Å². The van der Waals surface area contributed by atoms with E-state index in [9.17, 15) is 4.79 Å². The van der Waals surface area contributed by atoms with E-state index in [1.807, 2.05) is 29.3 Å². The number of anilines is 1. The van der Waals surface area contributed by atoms with E-state index < -0.39 is 0 Å². The van der Waals surface area contributed by atoms with E-state index in [4.69, 9.17) is 10.5 Å².